The van der Waals surface area contributed by atoms with Gasteiger partial charge in [0.1, 0.15) is 18.0 Å². The number of aromatic nitrogens is 2. The lowest BCUT2D eigenvalue weighted by Crippen LogP contribution is -2.25. The average molecular weight is 431 g/mol. The first-order valence-electron chi connectivity index (χ1n) is 9.86. The zero-order valence-corrected chi connectivity index (χ0v) is 17.4. The van der Waals surface area contributed by atoms with Crippen LogP contribution in [0.1, 0.15) is 21.7 Å². The van der Waals surface area contributed by atoms with Gasteiger partial charge < -0.3 is 11.1 Å². The summed E-state index contributed by atoms with van der Waals surface area (Å²) in [6, 6.07) is 18.7. The van der Waals surface area contributed by atoms with E-state index in [1.807, 2.05) is 23.6 Å². The van der Waals surface area contributed by atoms with Gasteiger partial charge in [0, 0.05) is 16.9 Å². The number of hydrogen-bond donors (Lipinski definition) is 3. The van der Waals surface area contributed by atoms with Crippen LogP contribution in [0, 0.1) is 12.7 Å². The van der Waals surface area contributed by atoms with Crippen LogP contribution in [0.4, 0.5) is 10.1 Å². The van der Waals surface area contributed by atoms with Crippen LogP contribution in [0.15, 0.2) is 71.8 Å². The van der Waals surface area contributed by atoms with Gasteiger partial charge in [0.05, 0.1) is 17.6 Å². The van der Waals surface area contributed by atoms with E-state index in [1.165, 1.54) is 17.3 Å². The summed E-state index contributed by atoms with van der Waals surface area (Å²) in [6.07, 6.45) is 1.12. The molecule has 0 atom stereocenters. The predicted molar refractivity (Wildman–Crippen MR) is 123 cm³/mol. The fraction of sp³-hybridized carbons (Fsp3) is 0.0870. The number of carbonyl (C=O) groups excluding carboxylic acids is 1. The monoisotopic (exact) mass is 431 g/mol. The summed E-state index contributed by atoms with van der Waals surface area (Å²) in [5.41, 5.74) is 9.55. The summed E-state index contributed by atoms with van der Waals surface area (Å²) in [7, 11) is 0. The molecule has 1 heterocycles. The van der Waals surface area contributed by atoms with Gasteiger partial charge in [-0.15, -0.1) is 0 Å². The zero-order chi connectivity index (χ0) is 22.7. The van der Waals surface area contributed by atoms with E-state index in [-0.39, 0.29) is 11.7 Å². The van der Waals surface area contributed by atoms with Crippen molar-refractivity contribution in [2.75, 3.05) is 5.32 Å². The Morgan fingerprint density at radius 2 is 1.88 bits per heavy atom. The molecule has 9 heteroatoms. The highest BCUT2D eigenvalue weighted by molar-refractivity contribution is 6.06. The van der Waals surface area contributed by atoms with Crippen LogP contribution in [0.5, 0.6) is 0 Å². The molecule has 0 radical (unpaired) electrons. The number of amides is 1. The number of carbonyl (C=O) groups is 1. The number of rotatable bonds is 6. The van der Waals surface area contributed by atoms with E-state index >= 15 is 0 Å². The van der Waals surface area contributed by atoms with Crippen molar-refractivity contribution in [2.24, 2.45) is 16.7 Å². The molecule has 0 unspecified atom stereocenters. The average Bonchev–Trinajstić information content (AvgIpc) is 3.11. The Kier molecular flexibility index (Phi) is 5.82. The molecule has 0 spiro atoms. The lowest BCUT2D eigenvalue weighted by atomic mass is 10.1. The highest BCUT2D eigenvalue weighted by atomic mass is 19.1. The summed E-state index contributed by atoms with van der Waals surface area (Å²) in [4.78, 5) is 17.4. The minimum Gasteiger partial charge on any atom is -0.388 e. The minimum absolute atomic E-state index is 0.252. The fourth-order valence-corrected chi connectivity index (χ4v) is 3.46. The first-order chi connectivity index (χ1) is 15.4. The lowest BCUT2D eigenvalue weighted by Gasteiger charge is -2.12. The molecule has 32 heavy (non-hydrogen) atoms. The van der Waals surface area contributed by atoms with E-state index in [2.05, 4.69) is 15.4 Å². The van der Waals surface area contributed by atoms with Crippen molar-refractivity contribution in [1.82, 2.24) is 14.7 Å². The molecule has 8 nitrogen and oxygen atoms in total. The van der Waals surface area contributed by atoms with Gasteiger partial charge in [0.15, 0.2) is 0 Å². The van der Waals surface area contributed by atoms with Gasteiger partial charge in [-0.1, -0.05) is 12.1 Å². The Bertz CT molecular complexity index is 1280. The molecule has 1 aromatic heterocycles. The van der Waals surface area contributed by atoms with E-state index in [9.17, 15) is 9.18 Å². The molecule has 0 aliphatic rings. The van der Waals surface area contributed by atoms with E-state index in [0.717, 1.165) is 34.4 Å². The molecule has 0 fully saturated rings. The predicted octanol–water partition coefficient (Wildman–Crippen LogP) is 3.30. The third kappa shape index (κ3) is 4.42. The Morgan fingerprint density at radius 1 is 1.16 bits per heavy atom. The number of hydrogen-bond acceptors (Lipinski definition) is 5. The van der Waals surface area contributed by atoms with Gasteiger partial charge in [-0.2, -0.15) is 5.10 Å². The Morgan fingerprint density at radius 3 is 2.56 bits per heavy atom. The van der Waals surface area contributed by atoms with Gasteiger partial charge >= 0.3 is 0 Å². The molecule has 3 aromatic carbocycles. The molecule has 0 saturated heterocycles. The van der Waals surface area contributed by atoms with Crippen LogP contribution in [0.25, 0.3) is 16.7 Å². The van der Waals surface area contributed by atoms with Gasteiger partial charge in [-0.25, -0.2) is 20.3 Å². The third-order valence-electron chi connectivity index (χ3n) is 4.94. The number of imidazole rings is 1. The first-order valence-corrected chi connectivity index (χ1v) is 9.86. The standard InChI is InChI=1S/C23H22FN7O/c1-15-28-21-11-4-17(12-22(21)31(15)20-9-5-18(24)6-10-20)23(32)29-19-7-2-16(3-8-19)13-30(26)27-14-25/h2-12,14H,13,26H2,1H3,(H2,25,27)(H,29,32). The SMILES string of the molecule is Cc1nc2ccc(C(=O)Nc3ccc(CN(N)/N=C\N)cc3)cc2n1-c1ccc(F)cc1. The molecule has 4 aromatic rings. The second-order valence-electron chi connectivity index (χ2n) is 7.19. The molecule has 0 bridgehead atoms. The Balaban J connectivity index is 1.56. The second-order valence-corrected chi connectivity index (χ2v) is 7.19. The van der Waals surface area contributed by atoms with Gasteiger partial charge in [0.2, 0.25) is 0 Å². The van der Waals surface area contributed by atoms with E-state index in [1.54, 1.807) is 42.5 Å². The summed E-state index contributed by atoms with van der Waals surface area (Å²) in [5.74, 6) is 5.86. The van der Waals surface area contributed by atoms with Crippen molar-refractivity contribution in [3.63, 3.8) is 0 Å². The number of halogens is 1. The zero-order valence-electron chi connectivity index (χ0n) is 17.4. The minimum atomic E-state index is -0.312. The number of benzene rings is 3. The van der Waals surface area contributed by atoms with Crippen LogP contribution in [0.2, 0.25) is 0 Å². The van der Waals surface area contributed by atoms with Gasteiger partial charge in [-0.05, 0) is 67.1 Å². The first kappa shape index (κ1) is 21.0. The number of hydrazine groups is 1. The summed E-state index contributed by atoms with van der Waals surface area (Å²) < 4.78 is 15.2. The molecule has 0 saturated carbocycles. The highest BCUT2D eigenvalue weighted by Gasteiger charge is 2.13. The van der Waals surface area contributed by atoms with Crippen molar-refractivity contribution in [1.29, 1.82) is 0 Å². The molecular weight excluding hydrogens is 409 g/mol. The summed E-state index contributed by atoms with van der Waals surface area (Å²) in [6.45, 7) is 2.25. The number of aryl methyl sites for hydroxylation is 1. The van der Waals surface area contributed by atoms with E-state index < -0.39 is 0 Å². The van der Waals surface area contributed by atoms with Gasteiger partial charge in [0.25, 0.3) is 5.91 Å². The molecular formula is C23H22FN7O. The molecule has 0 aliphatic heterocycles. The maximum absolute atomic E-state index is 13.3. The maximum atomic E-state index is 13.3. The molecule has 162 valence electrons. The molecule has 1 amide bonds. The fourth-order valence-electron chi connectivity index (χ4n) is 3.46. The number of nitrogens with two attached hydrogens (primary N) is 2. The van der Waals surface area contributed by atoms with Crippen molar-refractivity contribution >= 4 is 29.0 Å². The normalized spacial score (nSPS) is 11.2. The molecule has 0 aliphatic carbocycles. The molecule has 5 N–H and O–H groups in total. The number of nitrogens with one attached hydrogen (secondary N) is 1. The smallest absolute Gasteiger partial charge is 0.255 e. The van der Waals surface area contributed by atoms with Crippen LogP contribution in [-0.4, -0.2) is 26.9 Å². The van der Waals surface area contributed by atoms with E-state index in [4.69, 9.17) is 11.6 Å². The topological polar surface area (TPSA) is 115 Å². The number of nitrogens with zero attached hydrogens (tertiary/aromatic N) is 4. The van der Waals surface area contributed by atoms with Crippen molar-refractivity contribution < 1.29 is 9.18 Å². The Hall–Kier alpha value is -4.24. The number of anilines is 1. The highest BCUT2D eigenvalue weighted by Crippen LogP contribution is 2.23. The van der Waals surface area contributed by atoms with Crippen molar-refractivity contribution in [2.45, 2.75) is 13.5 Å². The quantitative estimate of drug-likeness (QED) is 0.188. The number of hydrazone groups is 1. The second kappa shape index (κ2) is 8.86. The van der Waals surface area contributed by atoms with Crippen LogP contribution in [-0.2, 0) is 6.54 Å². The van der Waals surface area contributed by atoms with E-state index in [0.29, 0.717) is 17.8 Å². The number of fused-ring (bicyclic) bond motifs is 1. The van der Waals surface area contributed by atoms with Crippen LogP contribution < -0.4 is 16.9 Å². The summed E-state index contributed by atoms with van der Waals surface area (Å²) >= 11 is 0. The van der Waals surface area contributed by atoms with Crippen molar-refractivity contribution in [3.8, 4) is 5.69 Å². The van der Waals surface area contributed by atoms with Crippen LogP contribution >= 0.6 is 0 Å². The Labute approximate surface area is 183 Å². The van der Waals surface area contributed by atoms with Crippen molar-refractivity contribution in [3.05, 3.63) is 89.5 Å². The largest absolute Gasteiger partial charge is 0.388 e. The summed E-state index contributed by atoms with van der Waals surface area (Å²) in [5, 5.41) is 7.87. The maximum Gasteiger partial charge on any atom is 0.255 e. The molecule has 4 rings (SSSR count). The lowest BCUT2D eigenvalue weighted by molar-refractivity contribution is 0.102. The van der Waals surface area contributed by atoms with Crippen LogP contribution in [0.3, 0.4) is 0 Å². The third-order valence-corrected chi connectivity index (χ3v) is 4.94. The van der Waals surface area contributed by atoms with Gasteiger partial charge in [-0.3, -0.25) is 9.36 Å².